The summed E-state index contributed by atoms with van der Waals surface area (Å²) >= 11 is 0. The molecule has 0 aromatic heterocycles. The average molecular weight is 243 g/mol. The second-order valence-electron chi connectivity index (χ2n) is 4.56. The van der Waals surface area contributed by atoms with Crippen molar-refractivity contribution in [3.8, 4) is 6.07 Å². The second-order valence-corrected chi connectivity index (χ2v) is 4.56. The lowest BCUT2D eigenvalue weighted by molar-refractivity contribution is -0.117. The summed E-state index contributed by atoms with van der Waals surface area (Å²) in [6.45, 7) is 0. The van der Waals surface area contributed by atoms with E-state index in [1.807, 2.05) is 19.2 Å². The molecule has 0 fully saturated rings. The van der Waals surface area contributed by atoms with Crippen LogP contribution in [-0.2, 0) is 11.2 Å². The summed E-state index contributed by atoms with van der Waals surface area (Å²) in [7, 11) is 3.70. The van der Waals surface area contributed by atoms with Crippen molar-refractivity contribution in [1.29, 1.82) is 5.26 Å². The van der Waals surface area contributed by atoms with Gasteiger partial charge in [0, 0.05) is 25.2 Å². The summed E-state index contributed by atoms with van der Waals surface area (Å²) in [5, 5.41) is 11.9. The highest BCUT2D eigenvalue weighted by atomic mass is 16.2. The lowest BCUT2D eigenvalue weighted by Gasteiger charge is -2.17. The Balaban J connectivity index is 2.24. The summed E-state index contributed by atoms with van der Waals surface area (Å²) < 4.78 is 0. The number of amides is 1. The summed E-state index contributed by atoms with van der Waals surface area (Å²) in [6.07, 6.45) is 1.80. The molecule has 0 saturated carbocycles. The Morgan fingerprint density at radius 2 is 2.33 bits per heavy atom. The smallest absolute Gasteiger partial charge is 0.231 e. The van der Waals surface area contributed by atoms with E-state index in [1.165, 1.54) is 0 Å². The third-order valence-corrected chi connectivity index (χ3v) is 3.48. The van der Waals surface area contributed by atoms with Crippen LogP contribution in [0.4, 0.5) is 5.69 Å². The van der Waals surface area contributed by atoms with E-state index in [1.54, 1.807) is 11.9 Å². The van der Waals surface area contributed by atoms with Crippen molar-refractivity contribution in [2.45, 2.75) is 25.3 Å². The molecule has 2 rings (SSSR count). The third kappa shape index (κ3) is 2.22. The zero-order valence-electron chi connectivity index (χ0n) is 10.7. The molecule has 0 saturated heterocycles. The van der Waals surface area contributed by atoms with E-state index in [2.05, 4.69) is 17.5 Å². The Labute approximate surface area is 107 Å². The fourth-order valence-electron chi connectivity index (χ4n) is 2.39. The summed E-state index contributed by atoms with van der Waals surface area (Å²) in [5.41, 5.74) is 3.23. The van der Waals surface area contributed by atoms with Gasteiger partial charge >= 0.3 is 0 Å². The van der Waals surface area contributed by atoms with E-state index < -0.39 is 0 Å². The molecular formula is C14H17N3O. The van der Waals surface area contributed by atoms with E-state index in [0.29, 0.717) is 12.8 Å². The van der Waals surface area contributed by atoms with Gasteiger partial charge in [0.2, 0.25) is 5.91 Å². The number of benzene rings is 1. The molecule has 1 heterocycles. The molecule has 0 radical (unpaired) electrons. The number of hydrogen-bond donors (Lipinski definition) is 1. The van der Waals surface area contributed by atoms with E-state index in [-0.39, 0.29) is 11.9 Å². The molecule has 1 unspecified atom stereocenters. The molecule has 0 bridgehead atoms. The Bertz CT molecular complexity index is 504. The zero-order valence-corrected chi connectivity index (χ0v) is 10.7. The number of fused-ring (bicyclic) bond motifs is 1. The molecule has 1 atom stereocenters. The molecule has 4 heteroatoms. The van der Waals surface area contributed by atoms with Crippen LogP contribution in [0.1, 0.15) is 30.0 Å². The maximum absolute atomic E-state index is 11.6. The average Bonchev–Trinajstić information content (AvgIpc) is 2.66. The monoisotopic (exact) mass is 243 g/mol. The molecule has 1 aromatic carbocycles. The Morgan fingerprint density at radius 1 is 1.56 bits per heavy atom. The van der Waals surface area contributed by atoms with Gasteiger partial charge in [-0.05, 0) is 30.7 Å². The highest BCUT2D eigenvalue weighted by Crippen LogP contribution is 2.31. The highest BCUT2D eigenvalue weighted by Gasteiger charge is 2.24. The van der Waals surface area contributed by atoms with E-state index >= 15 is 0 Å². The van der Waals surface area contributed by atoms with E-state index in [0.717, 1.165) is 23.2 Å². The molecule has 1 aliphatic rings. The largest absolute Gasteiger partial charge is 0.315 e. The van der Waals surface area contributed by atoms with E-state index in [9.17, 15) is 4.79 Å². The molecule has 1 aliphatic heterocycles. The van der Waals surface area contributed by atoms with Gasteiger partial charge in [-0.2, -0.15) is 5.26 Å². The van der Waals surface area contributed by atoms with Crippen LogP contribution < -0.4 is 10.2 Å². The van der Waals surface area contributed by atoms with Gasteiger partial charge in [-0.1, -0.05) is 12.1 Å². The predicted octanol–water partition coefficient (Wildman–Crippen LogP) is 1.77. The van der Waals surface area contributed by atoms with Crippen LogP contribution in [0.5, 0.6) is 0 Å². The summed E-state index contributed by atoms with van der Waals surface area (Å²) in [6, 6.07) is 8.45. The van der Waals surface area contributed by atoms with E-state index in [4.69, 9.17) is 5.26 Å². The second kappa shape index (κ2) is 5.19. The number of hydrogen-bond acceptors (Lipinski definition) is 3. The maximum Gasteiger partial charge on any atom is 0.231 e. The molecule has 0 aliphatic carbocycles. The quantitative estimate of drug-likeness (QED) is 0.876. The molecule has 1 amide bonds. The molecule has 94 valence electrons. The van der Waals surface area contributed by atoms with Gasteiger partial charge < -0.3 is 10.2 Å². The number of likely N-dealkylation sites (N-methyl/N-ethyl adjacent to an activating group) is 1. The summed E-state index contributed by atoms with van der Waals surface area (Å²) in [4.78, 5) is 13.3. The number of anilines is 1. The Hall–Kier alpha value is -1.86. The molecule has 1 N–H and O–H groups in total. The van der Waals surface area contributed by atoms with Crippen LogP contribution in [0.3, 0.4) is 0 Å². The van der Waals surface area contributed by atoms with Gasteiger partial charge in [0.1, 0.15) is 0 Å². The van der Waals surface area contributed by atoms with Crippen LogP contribution in [0, 0.1) is 11.3 Å². The number of rotatable bonds is 4. The lowest BCUT2D eigenvalue weighted by Crippen LogP contribution is -2.20. The van der Waals surface area contributed by atoms with Gasteiger partial charge in [0.25, 0.3) is 0 Å². The number of nitriles is 1. The maximum atomic E-state index is 11.6. The fourth-order valence-corrected chi connectivity index (χ4v) is 2.39. The minimum absolute atomic E-state index is 0.139. The van der Waals surface area contributed by atoms with Gasteiger partial charge in [0.15, 0.2) is 0 Å². The lowest BCUT2D eigenvalue weighted by atomic mass is 9.99. The van der Waals surface area contributed by atoms with Gasteiger partial charge in [-0.3, -0.25) is 4.79 Å². The highest BCUT2D eigenvalue weighted by molar-refractivity contribution is 6.00. The molecule has 4 nitrogen and oxygen atoms in total. The standard InChI is InChI=1S/C14H17N3O/c1-16-12(4-3-7-15)10-5-6-13-11(8-10)9-14(18)17(13)2/h5-6,8,12,16H,3-4,9H2,1-2H3. The zero-order chi connectivity index (χ0) is 13.1. The van der Waals surface area contributed by atoms with Crippen LogP contribution in [0.15, 0.2) is 18.2 Å². The predicted molar refractivity (Wildman–Crippen MR) is 70.2 cm³/mol. The number of carbonyl (C=O) groups excluding carboxylic acids is 1. The number of nitrogens with zero attached hydrogens (tertiary/aromatic N) is 2. The SMILES string of the molecule is CNC(CCC#N)c1ccc2c(c1)CC(=O)N2C. The van der Waals surface area contributed by atoms with Crippen molar-refractivity contribution in [3.05, 3.63) is 29.3 Å². The normalized spacial score (nSPS) is 15.4. The Kier molecular flexibility index (Phi) is 3.63. The molecule has 18 heavy (non-hydrogen) atoms. The van der Waals surface area contributed by atoms with Gasteiger partial charge in [-0.25, -0.2) is 0 Å². The van der Waals surface area contributed by atoms with Crippen molar-refractivity contribution < 1.29 is 4.79 Å². The van der Waals surface area contributed by atoms with Crippen molar-refractivity contribution >= 4 is 11.6 Å². The van der Waals surface area contributed by atoms with Crippen molar-refractivity contribution in [2.24, 2.45) is 0 Å². The first-order valence-corrected chi connectivity index (χ1v) is 6.11. The van der Waals surface area contributed by atoms with Crippen LogP contribution >= 0.6 is 0 Å². The number of nitrogens with one attached hydrogen (secondary N) is 1. The minimum Gasteiger partial charge on any atom is -0.315 e. The van der Waals surface area contributed by atoms with Crippen LogP contribution in [0.2, 0.25) is 0 Å². The third-order valence-electron chi connectivity index (χ3n) is 3.48. The van der Waals surface area contributed by atoms with Crippen molar-refractivity contribution in [1.82, 2.24) is 5.32 Å². The number of carbonyl (C=O) groups is 1. The van der Waals surface area contributed by atoms with Crippen LogP contribution in [0.25, 0.3) is 0 Å². The molecule has 0 spiro atoms. The summed E-state index contributed by atoms with van der Waals surface area (Å²) in [5.74, 6) is 0.139. The van der Waals surface area contributed by atoms with Crippen molar-refractivity contribution in [2.75, 3.05) is 19.0 Å². The first-order chi connectivity index (χ1) is 8.67. The first-order valence-electron chi connectivity index (χ1n) is 6.11. The van der Waals surface area contributed by atoms with Crippen LogP contribution in [-0.4, -0.2) is 20.0 Å². The fraction of sp³-hybridized carbons (Fsp3) is 0.429. The van der Waals surface area contributed by atoms with Gasteiger partial charge in [-0.15, -0.1) is 0 Å². The van der Waals surface area contributed by atoms with Gasteiger partial charge in [0.05, 0.1) is 12.5 Å². The topological polar surface area (TPSA) is 56.1 Å². The molecular weight excluding hydrogens is 226 g/mol. The minimum atomic E-state index is 0.139. The first kappa shape index (κ1) is 12.6. The van der Waals surface area contributed by atoms with Crippen molar-refractivity contribution in [3.63, 3.8) is 0 Å². The Morgan fingerprint density at radius 3 is 3.00 bits per heavy atom. The molecule has 1 aromatic rings.